The molecule has 1 aliphatic heterocycles. The first-order valence-corrected chi connectivity index (χ1v) is 8.52. The molecule has 16 heavy (non-hydrogen) atoms. The standard InChI is InChI=1S/C11H20N2OS2/c1-2-16(14)8-7-12-10-13-11(9-15-10)5-3-4-6-11/h2-9H2,1H3,(H,12,13). The fraction of sp³-hybridized carbons (Fsp3) is 0.909. The zero-order valence-electron chi connectivity index (χ0n) is 9.83. The van der Waals surface area contributed by atoms with Crippen LogP contribution in [0.1, 0.15) is 32.6 Å². The largest absolute Gasteiger partial charge is 0.359 e. The maximum atomic E-state index is 11.2. The van der Waals surface area contributed by atoms with Crippen LogP contribution in [0, 0.1) is 0 Å². The Morgan fingerprint density at radius 2 is 2.25 bits per heavy atom. The van der Waals surface area contributed by atoms with Crippen molar-refractivity contribution in [3.05, 3.63) is 0 Å². The molecule has 0 aromatic rings. The highest BCUT2D eigenvalue weighted by Gasteiger charge is 2.39. The van der Waals surface area contributed by atoms with Crippen molar-refractivity contribution in [3.63, 3.8) is 0 Å². The molecule has 1 heterocycles. The van der Waals surface area contributed by atoms with Crippen molar-refractivity contribution >= 4 is 27.7 Å². The third-order valence-corrected chi connectivity index (χ3v) is 5.80. The summed E-state index contributed by atoms with van der Waals surface area (Å²) in [5.74, 6) is 2.62. The van der Waals surface area contributed by atoms with E-state index < -0.39 is 10.8 Å². The second-order valence-electron chi connectivity index (χ2n) is 4.52. The van der Waals surface area contributed by atoms with E-state index in [0.29, 0.717) is 17.8 Å². The Labute approximate surface area is 104 Å². The highest BCUT2D eigenvalue weighted by atomic mass is 32.2. The van der Waals surface area contributed by atoms with E-state index in [1.54, 1.807) is 0 Å². The first kappa shape index (κ1) is 12.4. The molecule has 0 amide bonds. The maximum Gasteiger partial charge on any atom is 0.157 e. The van der Waals surface area contributed by atoms with E-state index in [2.05, 4.69) is 10.3 Å². The van der Waals surface area contributed by atoms with Gasteiger partial charge in [-0.05, 0) is 12.8 Å². The van der Waals surface area contributed by atoms with Gasteiger partial charge in [-0.2, -0.15) is 0 Å². The number of amidine groups is 1. The molecule has 2 fully saturated rings. The lowest BCUT2D eigenvalue weighted by Gasteiger charge is -2.21. The maximum absolute atomic E-state index is 11.2. The molecule has 2 rings (SSSR count). The summed E-state index contributed by atoms with van der Waals surface area (Å²) < 4.78 is 11.2. The molecule has 5 heteroatoms. The van der Waals surface area contributed by atoms with Crippen LogP contribution in [0.4, 0.5) is 0 Å². The number of rotatable bonds is 4. The van der Waals surface area contributed by atoms with E-state index in [1.807, 2.05) is 18.7 Å². The van der Waals surface area contributed by atoms with Crippen LogP contribution < -0.4 is 5.32 Å². The Balaban J connectivity index is 1.79. The summed E-state index contributed by atoms with van der Waals surface area (Å²) in [6, 6.07) is 0. The third kappa shape index (κ3) is 3.00. The Hall–Kier alpha value is -0.0300. The minimum Gasteiger partial charge on any atom is -0.359 e. The lowest BCUT2D eigenvalue weighted by Crippen LogP contribution is -2.40. The van der Waals surface area contributed by atoms with Gasteiger partial charge in [-0.25, -0.2) is 0 Å². The quantitative estimate of drug-likeness (QED) is 0.837. The minimum absolute atomic E-state index is 0.355. The summed E-state index contributed by atoms with van der Waals surface area (Å²) in [4.78, 5) is 4.51. The van der Waals surface area contributed by atoms with E-state index in [1.165, 1.54) is 31.4 Å². The van der Waals surface area contributed by atoms with Gasteiger partial charge in [0.1, 0.15) is 0 Å². The molecule has 0 aromatic carbocycles. The Morgan fingerprint density at radius 1 is 1.50 bits per heavy atom. The van der Waals surface area contributed by atoms with Gasteiger partial charge in [0.25, 0.3) is 0 Å². The summed E-state index contributed by atoms with van der Waals surface area (Å²) in [6.07, 6.45) is 5.28. The number of thioether (sulfide) groups is 1. The summed E-state index contributed by atoms with van der Waals surface area (Å²) in [7, 11) is -0.682. The predicted molar refractivity (Wildman–Crippen MR) is 72.6 cm³/mol. The van der Waals surface area contributed by atoms with Crippen molar-refractivity contribution in [3.8, 4) is 0 Å². The topological polar surface area (TPSA) is 41.5 Å². The monoisotopic (exact) mass is 260 g/mol. The number of hydrogen-bond donors (Lipinski definition) is 1. The molecule has 1 saturated carbocycles. The molecule has 1 atom stereocenters. The molecular weight excluding hydrogens is 240 g/mol. The van der Waals surface area contributed by atoms with E-state index in [4.69, 9.17) is 0 Å². The van der Waals surface area contributed by atoms with Crippen molar-refractivity contribution in [1.82, 2.24) is 5.32 Å². The summed E-state index contributed by atoms with van der Waals surface area (Å²) in [6.45, 7) is 2.66. The summed E-state index contributed by atoms with van der Waals surface area (Å²) in [5.41, 5.74) is 0.355. The van der Waals surface area contributed by atoms with Crippen LogP contribution >= 0.6 is 11.8 Å². The number of nitrogens with zero attached hydrogens (tertiary/aromatic N) is 1. The lowest BCUT2D eigenvalue weighted by molar-refractivity contribution is 0.452. The molecule has 92 valence electrons. The average molecular weight is 260 g/mol. The molecular formula is C11H20N2OS2. The highest BCUT2D eigenvalue weighted by molar-refractivity contribution is 8.14. The zero-order valence-corrected chi connectivity index (χ0v) is 11.5. The SMILES string of the molecule is CCS(=O)CCN=C1NC2(CCCC2)CS1. The summed E-state index contributed by atoms with van der Waals surface area (Å²) in [5, 5.41) is 4.65. The zero-order chi connectivity index (χ0) is 11.4. The van der Waals surface area contributed by atoms with Crippen LogP contribution in [0.2, 0.25) is 0 Å². The Bertz CT molecular complexity index is 298. The van der Waals surface area contributed by atoms with Gasteiger partial charge in [-0.15, -0.1) is 0 Å². The Morgan fingerprint density at radius 3 is 2.94 bits per heavy atom. The molecule has 1 saturated heterocycles. The Kier molecular flexibility index (Phi) is 4.30. The molecule has 3 nitrogen and oxygen atoms in total. The van der Waals surface area contributed by atoms with Crippen molar-refractivity contribution in [2.24, 2.45) is 4.99 Å². The van der Waals surface area contributed by atoms with E-state index in [9.17, 15) is 4.21 Å². The van der Waals surface area contributed by atoms with Crippen LogP contribution in [-0.2, 0) is 10.8 Å². The molecule has 1 aliphatic carbocycles. The first-order valence-electron chi connectivity index (χ1n) is 6.04. The summed E-state index contributed by atoms with van der Waals surface area (Å²) >= 11 is 1.84. The lowest BCUT2D eigenvalue weighted by atomic mass is 10.0. The number of nitrogens with one attached hydrogen (secondary N) is 1. The average Bonchev–Trinajstić information content (AvgIpc) is 2.90. The fourth-order valence-corrected chi connectivity index (χ4v) is 4.13. The first-order chi connectivity index (χ1) is 7.74. The smallest absolute Gasteiger partial charge is 0.157 e. The number of hydrogen-bond acceptors (Lipinski definition) is 3. The number of aliphatic imine (C=N–C) groups is 1. The van der Waals surface area contributed by atoms with Crippen LogP contribution in [0.3, 0.4) is 0 Å². The minimum atomic E-state index is -0.682. The van der Waals surface area contributed by atoms with Gasteiger partial charge in [-0.3, -0.25) is 9.20 Å². The molecule has 1 N–H and O–H groups in total. The van der Waals surface area contributed by atoms with Gasteiger partial charge >= 0.3 is 0 Å². The normalized spacial score (nSPS) is 27.4. The van der Waals surface area contributed by atoms with Gasteiger partial charge in [0.15, 0.2) is 5.17 Å². The second-order valence-corrected chi connectivity index (χ2v) is 7.35. The van der Waals surface area contributed by atoms with Gasteiger partial charge in [0.05, 0.1) is 6.54 Å². The fourth-order valence-electron chi connectivity index (χ4n) is 2.31. The van der Waals surface area contributed by atoms with Gasteiger partial charge in [0.2, 0.25) is 0 Å². The second kappa shape index (κ2) is 5.54. The van der Waals surface area contributed by atoms with Gasteiger partial charge in [-0.1, -0.05) is 31.5 Å². The van der Waals surface area contributed by atoms with Crippen LogP contribution in [0.25, 0.3) is 0 Å². The van der Waals surface area contributed by atoms with Gasteiger partial charge < -0.3 is 5.32 Å². The van der Waals surface area contributed by atoms with Crippen molar-refractivity contribution in [2.75, 3.05) is 23.8 Å². The van der Waals surface area contributed by atoms with Crippen LogP contribution in [-0.4, -0.2) is 38.7 Å². The van der Waals surface area contributed by atoms with Crippen LogP contribution in [0.5, 0.6) is 0 Å². The molecule has 1 spiro atoms. The predicted octanol–water partition coefficient (Wildman–Crippen LogP) is 1.76. The molecule has 2 aliphatic rings. The van der Waals surface area contributed by atoms with Gasteiger partial charge in [0, 0.05) is 33.6 Å². The van der Waals surface area contributed by atoms with Crippen molar-refractivity contribution in [2.45, 2.75) is 38.1 Å². The molecule has 0 bridgehead atoms. The van der Waals surface area contributed by atoms with Crippen molar-refractivity contribution < 1.29 is 4.21 Å². The third-order valence-electron chi connectivity index (χ3n) is 3.31. The molecule has 0 aromatic heterocycles. The van der Waals surface area contributed by atoms with E-state index >= 15 is 0 Å². The molecule has 1 unspecified atom stereocenters. The van der Waals surface area contributed by atoms with Crippen molar-refractivity contribution in [1.29, 1.82) is 0 Å². The highest BCUT2D eigenvalue weighted by Crippen LogP contribution is 2.37. The van der Waals surface area contributed by atoms with E-state index in [0.717, 1.165) is 10.9 Å². The van der Waals surface area contributed by atoms with Crippen LogP contribution in [0.15, 0.2) is 4.99 Å². The molecule has 0 radical (unpaired) electrons. The van der Waals surface area contributed by atoms with E-state index in [-0.39, 0.29) is 0 Å².